The lowest BCUT2D eigenvalue weighted by atomic mass is 9.94. The molecule has 4 heteroatoms. The maximum atomic E-state index is 6.07. The number of hydrazine groups is 1. The van der Waals surface area contributed by atoms with Crippen molar-refractivity contribution in [3.05, 3.63) is 39.9 Å². The van der Waals surface area contributed by atoms with E-state index >= 15 is 0 Å². The topological polar surface area (TPSA) is 64.1 Å². The van der Waals surface area contributed by atoms with Crippen LogP contribution in [0.4, 0.5) is 5.69 Å². The summed E-state index contributed by atoms with van der Waals surface area (Å²) in [5.74, 6) is 5.74. The van der Waals surface area contributed by atoms with Crippen molar-refractivity contribution in [3.63, 3.8) is 0 Å². The number of nitrogens with two attached hydrogens (primary N) is 2. The fraction of sp³-hybridized carbons (Fsp3) is 0.429. The summed E-state index contributed by atoms with van der Waals surface area (Å²) < 4.78 is 1.03. The largest absolute Gasteiger partial charge is 0.398 e. The van der Waals surface area contributed by atoms with Crippen molar-refractivity contribution in [1.82, 2.24) is 5.43 Å². The Morgan fingerprint density at radius 2 is 2.06 bits per heavy atom. The summed E-state index contributed by atoms with van der Waals surface area (Å²) in [7, 11) is 0. The Morgan fingerprint density at radius 1 is 1.22 bits per heavy atom. The van der Waals surface area contributed by atoms with E-state index in [1.165, 1.54) is 24.8 Å². The van der Waals surface area contributed by atoms with E-state index in [2.05, 4.69) is 27.4 Å². The van der Waals surface area contributed by atoms with Gasteiger partial charge in [0.2, 0.25) is 0 Å². The summed E-state index contributed by atoms with van der Waals surface area (Å²) in [4.78, 5) is 0. The van der Waals surface area contributed by atoms with Crippen molar-refractivity contribution in [3.8, 4) is 0 Å². The number of halogens is 1. The van der Waals surface area contributed by atoms with Crippen LogP contribution in [0.3, 0.4) is 0 Å². The number of rotatable bonds is 3. The molecule has 5 N–H and O–H groups in total. The van der Waals surface area contributed by atoms with Gasteiger partial charge in [-0.2, -0.15) is 0 Å². The number of hydrogen-bond donors (Lipinski definition) is 3. The highest BCUT2D eigenvalue weighted by molar-refractivity contribution is 9.10. The number of benzene rings is 1. The SMILES string of the molecule is NNC(C1=CCCCCC1)c1cc(Br)ccc1N. The molecule has 0 spiro atoms. The molecule has 0 radical (unpaired) electrons. The molecule has 2 rings (SSSR count). The first-order chi connectivity index (χ1) is 8.72. The molecule has 98 valence electrons. The van der Waals surface area contributed by atoms with E-state index < -0.39 is 0 Å². The molecule has 0 aliphatic heterocycles. The van der Waals surface area contributed by atoms with Gasteiger partial charge in [0.15, 0.2) is 0 Å². The fourth-order valence-electron chi connectivity index (χ4n) is 2.49. The molecule has 3 nitrogen and oxygen atoms in total. The molecule has 0 saturated carbocycles. The number of hydrogen-bond acceptors (Lipinski definition) is 3. The predicted octanol–water partition coefficient (Wildman–Crippen LogP) is 3.43. The maximum absolute atomic E-state index is 6.07. The third-order valence-electron chi connectivity index (χ3n) is 3.47. The van der Waals surface area contributed by atoms with Crippen LogP contribution in [0.25, 0.3) is 0 Å². The fourth-order valence-corrected chi connectivity index (χ4v) is 2.87. The van der Waals surface area contributed by atoms with E-state index in [0.717, 1.165) is 28.6 Å². The van der Waals surface area contributed by atoms with E-state index in [9.17, 15) is 0 Å². The van der Waals surface area contributed by atoms with Crippen molar-refractivity contribution in [2.24, 2.45) is 5.84 Å². The van der Waals surface area contributed by atoms with E-state index in [4.69, 9.17) is 11.6 Å². The summed E-state index contributed by atoms with van der Waals surface area (Å²) in [6.07, 6.45) is 8.36. The number of allylic oxidation sites excluding steroid dienone is 1. The molecule has 0 fully saturated rings. The highest BCUT2D eigenvalue weighted by Crippen LogP contribution is 2.33. The molecule has 1 aliphatic rings. The molecule has 1 unspecified atom stereocenters. The van der Waals surface area contributed by atoms with Gasteiger partial charge >= 0.3 is 0 Å². The van der Waals surface area contributed by atoms with Crippen LogP contribution in [0, 0.1) is 0 Å². The Hall–Kier alpha value is -0.840. The average molecular weight is 310 g/mol. The maximum Gasteiger partial charge on any atom is 0.0690 e. The van der Waals surface area contributed by atoms with Gasteiger partial charge in [0.25, 0.3) is 0 Å². The summed E-state index contributed by atoms with van der Waals surface area (Å²) in [5, 5.41) is 0. The van der Waals surface area contributed by atoms with Crippen molar-refractivity contribution < 1.29 is 0 Å². The summed E-state index contributed by atoms with van der Waals surface area (Å²) in [5.41, 5.74) is 12.2. The van der Waals surface area contributed by atoms with Crippen molar-refractivity contribution >= 4 is 21.6 Å². The molecule has 0 bridgehead atoms. The average Bonchev–Trinajstić information content (AvgIpc) is 2.64. The lowest BCUT2D eigenvalue weighted by molar-refractivity contribution is 0.594. The Morgan fingerprint density at radius 3 is 2.83 bits per heavy atom. The molecular weight excluding hydrogens is 290 g/mol. The zero-order chi connectivity index (χ0) is 13.0. The normalized spacial score (nSPS) is 18.0. The molecule has 0 heterocycles. The van der Waals surface area contributed by atoms with Crippen LogP contribution in [-0.4, -0.2) is 0 Å². The van der Waals surface area contributed by atoms with E-state index in [-0.39, 0.29) is 6.04 Å². The first kappa shape index (κ1) is 13.6. The Balaban J connectivity index is 2.32. The standard InChI is InChI=1S/C14H20BrN3/c15-11-7-8-13(16)12(9-11)14(18-17)10-5-3-1-2-4-6-10/h5,7-9,14,18H,1-4,6,16-17H2. The van der Waals surface area contributed by atoms with Crippen LogP contribution >= 0.6 is 15.9 Å². The molecule has 18 heavy (non-hydrogen) atoms. The minimum Gasteiger partial charge on any atom is -0.398 e. The van der Waals surface area contributed by atoms with Crippen LogP contribution in [0.2, 0.25) is 0 Å². The first-order valence-corrected chi connectivity index (χ1v) is 7.21. The van der Waals surface area contributed by atoms with Crippen LogP contribution in [0.5, 0.6) is 0 Å². The Kier molecular flexibility index (Phi) is 4.80. The minimum absolute atomic E-state index is 0.0283. The van der Waals surface area contributed by atoms with E-state index in [1.807, 2.05) is 18.2 Å². The van der Waals surface area contributed by atoms with Crippen molar-refractivity contribution in [1.29, 1.82) is 0 Å². The van der Waals surface area contributed by atoms with Crippen LogP contribution in [0.1, 0.15) is 43.7 Å². The van der Waals surface area contributed by atoms with Crippen LogP contribution in [-0.2, 0) is 0 Å². The lowest BCUT2D eigenvalue weighted by Crippen LogP contribution is -2.30. The van der Waals surface area contributed by atoms with Gasteiger partial charge in [-0.1, -0.05) is 34.0 Å². The van der Waals surface area contributed by atoms with E-state index in [0.29, 0.717) is 0 Å². The summed E-state index contributed by atoms with van der Waals surface area (Å²) in [6.45, 7) is 0. The van der Waals surface area contributed by atoms with Gasteiger partial charge in [-0.3, -0.25) is 5.84 Å². The van der Waals surface area contributed by atoms with E-state index in [1.54, 1.807) is 0 Å². The zero-order valence-electron chi connectivity index (χ0n) is 10.5. The highest BCUT2D eigenvalue weighted by atomic mass is 79.9. The van der Waals surface area contributed by atoms with Gasteiger partial charge in [-0.15, -0.1) is 0 Å². The van der Waals surface area contributed by atoms with Crippen LogP contribution in [0.15, 0.2) is 34.3 Å². The summed E-state index contributed by atoms with van der Waals surface area (Å²) >= 11 is 3.49. The van der Waals surface area contributed by atoms with Gasteiger partial charge in [0.1, 0.15) is 0 Å². The third kappa shape index (κ3) is 3.13. The second kappa shape index (κ2) is 6.36. The molecule has 1 aliphatic carbocycles. The Labute approximate surface area is 117 Å². The molecule has 0 saturated heterocycles. The monoisotopic (exact) mass is 309 g/mol. The molecular formula is C14H20BrN3. The van der Waals surface area contributed by atoms with Gasteiger partial charge in [0, 0.05) is 10.2 Å². The first-order valence-electron chi connectivity index (χ1n) is 6.42. The van der Waals surface area contributed by atoms with Crippen molar-refractivity contribution in [2.45, 2.75) is 38.1 Å². The molecule has 1 aromatic carbocycles. The van der Waals surface area contributed by atoms with Gasteiger partial charge in [-0.05, 0) is 49.4 Å². The smallest absolute Gasteiger partial charge is 0.0690 e. The molecule has 1 aromatic rings. The Bertz CT molecular complexity index is 443. The quantitative estimate of drug-likeness (QED) is 0.347. The van der Waals surface area contributed by atoms with Gasteiger partial charge in [0.05, 0.1) is 6.04 Å². The second-order valence-corrected chi connectivity index (χ2v) is 5.67. The number of nitrogen functional groups attached to an aromatic ring is 1. The van der Waals surface area contributed by atoms with Gasteiger partial charge in [-0.25, -0.2) is 5.43 Å². The lowest BCUT2D eigenvalue weighted by Gasteiger charge is -2.21. The number of nitrogens with one attached hydrogen (secondary N) is 1. The third-order valence-corrected chi connectivity index (χ3v) is 3.97. The molecule has 1 atom stereocenters. The molecule has 0 amide bonds. The van der Waals surface area contributed by atoms with Crippen molar-refractivity contribution in [2.75, 3.05) is 5.73 Å². The molecule has 0 aromatic heterocycles. The van der Waals surface area contributed by atoms with Crippen LogP contribution < -0.4 is 17.0 Å². The zero-order valence-corrected chi connectivity index (χ0v) is 12.0. The highest BCUT2D eigenvalue weighted by Gasteiger charge is 2.18. The predicted molar refractivity (Wildman–Crippen MR) is 79.8 cm³/mol. The van der Waals surface area contributed by atoms with Gasteiger partial charge < -0.3 is 5.73 Å². The minimum atomic E-state index is 0.0283. The summed E-state index contributed by atoms with van der Waals surface area (Å²) in [6, 6.07) is 5.95. The number of anilines is 1. The second-order valence-electron chi connectivity index (χ2n) is 4.75.